The van der Waals surface area contributed by atoms with Crippen molar-refractivity contribution in [1.29, 1.82) is 0 Å². The number of hydrogen-bond acceptors (Lipinski definition) is 4. The minimum Gasteiger partial charge on any atom is -0.397 e. The molecule has 2 aromatic rings. The Morgan fingerprint density at radius 1 is 0.545 bits per heavy atom. The van der Waals surface area contributed by atoms with Crippen molar-refractivity contribution >= 4 is 22.7 Å². The number of anilines is 4. The molecule has 0 atom stereocenters. The topological polar surface area (TPSA) is 104 Å². The normalized spacial score (nSPS) is 10.7. The van der Waals surface area contributed by atoms with Crippen molar-refractivity contribution in [3.63, 3.8) is 0 Å². The molecular formula is C18H26N4. The van der Waals surface area contributed by atoms with Gasteiger partial charge in [-0.25, -0.2) is 0 Å². The molecule has 0 spiro atoms. The zero-order chi connectivity index (χ0) is 15.9. The van der Waals surface area contributed by atoms with Crippen LogP contribution < -0.4 is 22.9 Å². The molecule has 0 fully saturated rings. The lowest BCUT2D eigenvalue weighted by Gasteiger charge is -2.09. The van der Waals surface area contributed by atoms with Crippen LogP contribution in [0.2, 0.25) is 0 Å². The molecule has 118 valence electrons. The van der Waals surface area contributed by atoms with Gasteiger partial charge in [0, 0.05) is 0 Å². The minimum atomic E-state index is 0.676. The molecule has 0 bridgehead atoms. The fourth-order valence-electron chi connectivity index (χ4n) is 2.69. The van der Waals surface area contributed by atoms with Crippen molar-refractivity contribution in [2.75, 3.05) is 22.9 Å². The van der Waals surface area contributed by atoms with Crippen LogP contribution in [-0.4, -0.2) is 0 Å². The van der Waals surface area contributed by atoms with E-state index in [9.17, 15) is 0 Å². The van der Waals surface area contributed by atoms with E-state index < -0.39 is 0 Å². The summed E-state index contributed by atoms with van der Waals surface area (Å²) < 4.78 is 0. The summed E-state index contributed by atoms with van der Waals surface area (Å²) in [5.41, 5.74) is 28.7. The number of unbranched alkanes of at least 4 members (excludes halogenated alkanes) is 3. The van der Waals surface area contributed by atoms with Gasteiger partial charge in [0.2, 0.25) is 0 Å². The van der Waals surface area contributed by atoms with E-state index in [0.717, 1.165) is 48.2 Å². The molecule has 4 nitrogen and oxygen atoms in total. The Balaban J connectivity index is 1.70. The highest BCUT2D eigenvalue weighted by Crippen LogP contribution is 2.23. The highest BCUT2D eigenvalue weighted by Gasteiger charge is 2.03. The van der Waals surface area contributed by atoms with Gasteiger partial charge in [0.05, 0.1) is 22.7 Å². The molecular weight excluding hydrogens is 272 g/mol. The zero-order valence-corrected chi connectivity index (χ0v) is 13.0. The fraction of sp³-hybridized carbons (Fsp3) is 0.333. The highest BCUT2D eigenvalue weighted by molar-refractivity contribution is 5.67. The molecule has 4 heteroatoms. The number of rotatable bonds is 7. The van der Waals surface area contributed by atoms with Crippen LogP contribution >= 0.6 is 0 Å². The Morgan fingerprint density at radius 2 is 0.955 bits per heavy atom. The molecule has 0 unspecified atom stereocenters. The van der Waals surface area contributed by atoms with Crippen molar-refractivity contribution < 1.29 is 0 Å². The first kappa shape index (κ1) is 16.0. The number of nitrogen functional groups attached to an aromatic ring is 4. The highest BCUT2D eigenvalue weighted by atomic mass is 14.7. The van der Waals surface area contributed by atoms with E-state index in [0.29, 0.717) is 11.4 Å². The second kappa shape index (κ2) is 7.59. The third-order valence-corrected chi connectivity index (χ3v) is 4.10. The van der Waals surface area contributed by atoms with Gasteiger partial charge in [0.15, 0.2) is 0 Å². The molecule has 2 rings (SSSR count). The predicted octanol–water partition coefficient (Wildman–Crippen LogP) is 3.36. The number of nitrogens with two attached hydrogens (primary N) is 4. The largest absolute Gasteiger partial charge is 0.397 e. The summed E-state index contributed by atoms with van der Waals surface area (Å²) in [5, 5.41) is 0. The lowest BCUT2D eigenvalue weighted by Crippen LogP contribution is -2.00. The maximum atomic E-state index is 5.98. The Morgan fingerprint density at radius 3 is 1.36 bits per heavy atom. The van der Waals surface area contributed by atoms with Crippen LogP contribution in [0.4, 0.5) is 22.7 Å². The van der Waals surface area contributed by atoms with E-state index >= 15 is 0 Å². The molecule has 0 saturated heterocycles. The summed E-state index contributed by atoms with van der Waals surface area (Å²) in [7, 11) is 0. The quantitative estimate of drug-likeness (QED) is 0.464. The van der Waals surface area contributed by atoms with Gasteiger partial charge in [0.25, 0.3) is 0 Å². The van der Waals surface area contributed by atoms with Crippen LogP contribution in [0.1, 0.15) is 36.8 Å². The van der Waals surface area contributed by atoms with Gasteiger partial charge in [0.1, 0.15) is 0 Å². The van der Waals surface area contributed by atoms with Crippen molar-refractivity contribution in [3.05, 3.63) is 47.5 Å². The molecule has 22 heavy (non-hydrogen) atoms. The van der Waals surface area contributed by atoms with E-state index in [1.807, 2.05) is 24.3 Å². The third-order valence-electron chi connectivity index (χ3n) is 4.10. The van der Waals surface area contributed by atoms with E-state index in [1.54, 1.807) is 0 Å². The molecule has 0 aromatic heterocycles. The van der Waals surface area contributed by atoms with Crippen molar-refractivity contribution in [3.8, 4) is 0 Å². The summed E-state index contributed by atoms with van der Waals surface area (Å²) in [6.45, 7) is 0. The first-order valence-electron chi connectivity index (χ1n) is 7.85. The van der Waals surface area contributed by atoms with Gasteiger partial charge in [-0.2, -0.15) is 0 Å². The van der Waals surface area contributed by atoms with E-state index in [-0.39, 0.29) is 0 Å². The first-order chi connectivity index (χ1) is 10.6. The van der Waals surface area contributed by atoms with Crippen LogP contribution in [0, 0.1) is 0 Å². The van der Waals surface area contributed by atoms with Crippen LogP contribution in [0.25, 0.3) is 0 Å². The molecule has 8 N–H and O–H groups in total. The third kappa shape index (κ3) is 4.07. The number of para-hydroxylation sites is 2. The summed E-state index contributed by atoms with van der Waals surface area (Å²) >= 11 is 0. The van der Waals surface area contributed by atoms with E-state index in [2.05, 4.69) is 12.1 Å². The van der Waals surface area contributed by atoms with Gasteiger partial charge in [-0.3, -0.25) is 0 Å². The van der Waals surface area contributed by atoms with Crippen LogP contribution in [0.5, 0.6) is 0 Å². The lowest BCUT2D eigenvalue weighted by molar-refractivity contribution is 0.641. The maximum Gasteiger partial charge on any atom is 0.0580 e. The number of hydrogen-bond donors (Lipinski definition) is 4. The zero-order valence-electron chi connectivity index (χ0n) is 13.0. The predicted molar refractivity (Wildman–Crippen MR) is 96.4 cm³/mol. The Kier molecular flexibility index (Phi) is 5.53. The number of benzene rings is 2. The van der Waals surface area contributed by atoms with Crippen LogP contribution in [0.15, 0.2) is 36.4 Å². The van der Waals surface area contributed by atoms with Crippen molar-refractivity contribution in [1.82, 2.24) is 0 Å². The molecule has 0 aliphatic carbocycles. The van der Waals surface area contributed by atoms with Crippen molar-refractivity contribution in [2.24, 2.45) is 0 Å². The van der Waals surface area contributed by atoms with Crippen LogP contribution in [0.3, 0.4) is 0 Å². The molecule has 0 radical (unpaired) electrons. The summed E-state index contributed by atoms with van der Waals surface area (Å²) in [4.78, 5) is 0. The summed E-state index contributed by atoms with van der Waals surface area (Å²) in [5.74, 6) is 0. The van der Waals surface area contributed by atoms with Gasteiger partial charge < -0.3 is 22.9 Å². The lowest BCUT2D eigenvalue weighted by atomic mass is 10.0. The molecule has 0 saturated carbocycles. The Hall–Kier alpha value is -2.36. The van der Waals surface area contributed by atoms with Gasteiger partial charge >= 0.3 is 0 Å². The second-order valence-electron chi connectivity index (χ2n) is 5.75. The SMILES string of the molecule is Nc1cccc(CCCCCCc2cccc(N)c2N)c1N. The van der Waals surface area contributed by atoms with E-state index in [4.69, 9.17) is 22.9 Å². The first-order valence-corrected chi connectivity index (χ1v) is 7.85. The average Bonchev–Trinajstić information content (AvgIpc) is 2.51. The molecule has 2 aromatic carbocycles. The summed E-state index contributed by atoms with van der Waals surface area (Å²) in [6.07, 6.45) is 6.57. The van der Waals surface area contributed by atoms with Gasteiger partial charge in [-0.15, -0.1) is 0 Å². The number of aryl methyl sites for hydroxylation is 2. The minimum absolute atomic E-state index is 0.676. The van der Waals surface area contributed by atoms with Crippen molar-refractivity contribution in [2.45, 2.75) is 38.5 Å². The fourth-order valence-corrected chi connectivity index (χ4v) is 2.69. The van der Waals surface area contributed by atoms with Crippen LogP contribution in [-0.2, 0) is 12.8 Å². The smallest absolute Gasteiger partial charge is 0.0580 e. The monoisotopic (exact) mass is 298 g/mol. The standard InChI is InChI=1S/C18H26N4/c19-15-11-5-9-13(17(15)21)7-3-1-2-4-8-14-10-6-12-16(20)18(14)22/h5-6,9-12H,1-4,7-8,19-22H2. The van der Waals surface area contributed by atoms with E-state index in [1.165, 1.54) is 12.8 Å². The second-order valence-corrected chi connectivity index (χ2v) is 5.75. The maximum absolute atomic E-state index is 5.98. The Bertz CT molecular complexity index is 567. The molecule has 0 amide bonds. The van der Waals surface area contributed by atoms with Gasteiger partial charge in [-0.05, 0) is 48.9 Å². The molecule has 0 aliphatic rings. The molecule has 0 aliphatic heterocycles. The van der Waals surface area contributed by atoms with Gasteiger partial charge in [-0.1, -0.05) is 37.1 Å². The average molecular weight is 298 g/mol. The Labute approximate surface area is 132 Å². The molecule has 0 heterocycles. The summed E-state index contributed by atoms with van der Waals surface area (Å²) in [6, 6.07) is 11.7.